The number of aliphatic hydroxyl groups excluding tert-OH is 2. The summed E-state index contributed by atoms with van der Waals surface area (Å²) in [6.45, 7) is 0. The molecule has 28 heavy (non-hydrogen) atoms. The molecule has 4 N–H and O–H groups in total. The van der Waals surface area contributed by atoms with Crippen LogP contribution in [-0.2, 0) is 22.4 Å². The average molecular weight is 427 g/mol. The van der Waals surface area contributed by atoms with Gasteiger partial charge in [-0.25, -0.2) is 0 Å². The molecule has 0 aliphatic heterocycles. The fourth-order valence-corrected chi connectivity index (χ4v) is 3.07. The van der Waals surface area contributed by atoms with E-state index in [-0.39, 0.29) is 12.8 Å². The summed E-state index contributed by atoms with van der Waals surface area (Å²) in [6.07, 6.45) is -4.12. The fourth-order valence-electron chi connectivity index (χ4n) is 2.63. The standard InChI is InChI=1S/C20H20Cl2O6/c21-19(27,17(25)15(23)11-13-7-3-1-4-8-13)20(22,28)18(26)16(24)12-14-9-5-2-6-10-14/h1-10,15-16,23-24,27-28H,11-12H2/t15?,16?,19-,20-/m1/s1. The SMILES string of the molecule is O=C(C(O)Cc1ccccc1)[C@](O)(Cl)[C@@](O)(Cl)C(=O)C(O)Cc1ccccc1. The third kappa shape index (κ3) is 4.97. The van der Waals surface area contributed by atoms with Crippen LogP contribution in [0.3, 0.4) is 0 Å². The van der Waals surface area contributed by atoms with E-state index in [0.29, 0.717) is 11.1 Å². The highest BCUT2D eigenvalue weighted by molar-refractivity contribution is 6.47. The molecule has 0 fully saturated rings. The number of hydrogen-bond acceptors (Lipinski definition) is 6. The average Bonchev–Trinajstić information content (AvgIpc) is 2.68. The van der Waals surface area contributed by atoms with Gasteiger partial charge >= 0.3 is 0 Å². The Morgan fingerprint density at radius 3 is 1.29 bits per heavy atom. The maximum absolute atomic E-state index is 12.4. The molecule has 0 saturated heterocycles. The highest BCUT2D eigenvalue weighted by Crippen LogP contribution is 2.35. The zero-order valence-electron chi connectivity index (χ0n) is 14.7. The van der Waals surface area contributed by atoms with Gasteiger partial charge in [-0.15, -0.1) is 0 Å². The lowest BCUT2D eigenvalue weighted by Crippen LogP contribution is -2.62. The second-order valence-corrected chi connectivity index (χ2v) is 7.48. The van der Waals surface area contributed by atoms with E-state index in [9.17, 15) is 30.0 Å². The lowest BCUT2D eigenvalue weighted by Gasteiger charge is -2.33. The summed E-state index contributed by atoms with van der Waals surface area (Å²) in [5.74, 6) is -2.92. The number of ketones is 2. The normalized spacial score (nSPS) is 17.8. The number of halogens is 2. The van der Waals surface area contributed by atoms with Crippen molar-refractivity contribution in [3.05, 3.63) is 71.8 Å². The van der Waals surface area contributed by atoms with Crippen LogP contribution in [0, 0.1) is 0 Å². The molecule has 4 atom stereocenters. The molecule has 2 rings (SSSR count). The number of aliphatic hydroxyl groups is 4. The second-order valence-electron chi connectivity index (χ2n) is 6.38. The van der Waals surface area contributed by atoms with Crippen LogP contribution < -0.4 is 0 Å². The first-order valence-electron chi connectivity index (χ1n) is 8.42. The predicted molar refractivity (Wildman–Crippen MR) is 104 cm³/mol. The molecule has 0 bridgehead atoms. The van der Waals surface area contributed by atoms with E-state index in [1.165, 1.54) is 0 Å². The molecule has 0 amide bonds. The zero-order valence-corrected chi connectivity index (χ0v) is 16.2. The first-order chi connectivity index (χ1) is 13.1. The van der Waals surface area contributed by atoms with Gasteiger partial charge in [0.25, 0.3) is 10.1 Å². The number of carbonyl (C=O) groups is 2. The van der Waals surface area contributed by atoms with Gasteiger partial charge in [-0.2, -0.15) is 0 Å². The Morgan fingerprint density at radius 1 is 0.714 bits per heavy atom. The number of rotatable bonds is 9. The largest absolute Gasteiger partial charge is 0.385 e. The van der Waals surface area contributed by atoms with Gasteiger partial charge in [0, 0.05) is 12.8 Å². The first-order valence-corrected chi connectivity index (χ1v) is 9.18. The van der Waals surface area contributed by atoms with Crippen LogP contribution in [-0.4, -0.2) is 54.3 Å². The van der Waals surface area contributed by atoms with Gasteiger partial charge in [0.2, 0.25) is 11.6 Å². The summed E-state index contributed by atoms with van der Waals surface area (Å²) in [5.41, 5.74) is 1.12. The van der Waals surface area contributed by atoms with Crippen molar-refractivity contribution in [1.82, 2.24) is 0 Å². The minimum Gasteiger partial charge on any atom is -0.385 e. The zero-order chi connectivity index (χ0) is 20.9. The first kappa shape index (κ1) is 22.5. The molecular weight excluding hydrogens is 407 g/mol. The third-order valence-corrected chi connectivity index (χ3v) is 5.26. The molecule has 0 radical (unpaired) electrons. The summed E-state index contributed by atoms with van der Waals surface area (Å²) in [7, 11) is 0. The predicted octanol–water partition coefficient (Wildman–Crippen LogP) is 1.19. The topological polar surface area (TPSA) is 115 Å². The van der Waals surface area contributed by atoms with Gasteiger partial charge in [-0.05, 0) is 11.1 Å². The molecule has 150 valence electrons. The lowest BCUT2D eigenvalue weighted by molar-refractivity contribution is -0.163. The number of hydrogen-bond donors (Lipinski definition) is 4. The van der Waals surface area contributed by atoms with Crippen molar-refractivity contribution in [2.24, 2.45) is 0 Å². The molecular formula is C20H20Cl2O6. The molecule has 0 aliphatic rings. The molecule has 6 nitrogen and oxygen atoms in total. The van der Waals surface area contributed by atoms with E-state index in [0.717, 1.165) is 0 Å². The van der Waals surface area contributed by atoms with Crippen molar-refractivity contribution in [2.75, 3.05) is 0 Å². The van der Waals surface area contributed by atoms with Crippen molar-refractivity contribution in [3.8, 4) is 0 Å². The van der Waals surface area contributed by atoms with E-state index in [4.69, 9.17) is 23.2 Å². The van der Waals surface area contributed by atoms with Gasteiger partial charge in [-0.1, -0.05) is 83.9 Å². The van der Waals surface area contributed by atoms with E-state index in [2.05, 4.69) is 0 Å². The summed E-state index contributed by atoms with van der Waals surface area (Å²) < 4.78 is 0. The monoisotopic (exact) mass is 426 g/mol. The van der Waals surface area contributed by atoms with Gasteiger partial charge in [0.15, 0.2) is 0 Å². The lowest BCUT2D eigenvalue weighted by atomic mass is 9.93. The number of benzene rings is 2. The minimum atomic E-state index is -3.35. The summed E-state index contributed by atoms with van der Waals surface area (Å²) in [4.78, 5) is 24.8. The van der Waals surface area contributed by atoms with E-state index in [1.807, 2.05) is 0 Å². The molecule has 0 aromatic heterocycles. The maximum atomic E-state index is 12.4. The van der Waals surface area contributed by atoms with Crippen LogP contribution in [0.4, 0.5) is 0 Å². The Hall–Kier alpha value is -1.80. The van der Waals surface area contributed by atoms with Crippen LogP contribution >= 0.6 is 23.2 Å². The van der Waals surface area contributed by atoms with Gasteiger partial charge < -0.3 is 20.4 Å². The summed E-state index contributed by atoms with van der Waals surface area (Å²) in [6, 6.07) is 16.7. The van der Waals surface area contributed by atoms with Crippen molar-refractivity contribution >= 4 is 34.8 Å². The van der Waals surface area contributed by atoms with E-state index < -0.39 is 33.9 Å². The Labute approximate surface area is 172 Å². The van der Waals surface area contributed by atoms with Crippen molar-refractivity contribution in [3.63, 3.8) is 0 Å². The Kier molecular flexibility index (Phi) is 7.33. The highest BCUT2D eigenvalue weighted by Gasteiger charge is 2.60. The van der Waals surface area contributed by atoms with Crippen LogP contribution in [0.5, 0.6) is 0 Å². The maximum Gasteiger partial charge on any atom is 0.251 e. The molecule has 2 unspecified atom stereocenters. The smallest absolute Gasteiger partial charge is 0.251 e. The van der Waals surface area contributed by atoms with E-state index in [1.54, 1.807) is 60.7 Å². The van der Waals surface area contributed by atoms with Crippen molar-refractivity contribution < 1.29 is 30.0 Å². The summed E-state index contributed by atoms with van der Waals surface area (Å²) >= 11 is 11.4. The third-order valence-electron chi connectivity index (χ3n) is 4.24. The van der Waals surface area contributed by atoms with Crippen molar-refractivity contribution in [2.45, 2.75) is 35.2 Å². The number of alkyl halides is 2. The molecule has 2 aromatic carbocycles. The molecule has 8 heteroatoms. The number of Topliss-reactive ketones (excluding diaryl/α,β-unsaturated/α-hetero) is 2. The second kappa shape index (κ2) is 9.13. The van der Waals surface area contributed by atoms with Crippen LogP contribution in [0.1, 0.15) is 11.1 Å². The van der Waals surface area contributed by atoms with Gasteiger partial charge in [-0.3, -0.25) is 9.59 Å². The molecule has 0 heterocycles. The minimum absolute atomic E-state index is 0.220. The summed E-state index contributed by atoms with van der Waals surface area (Å²) in [5, 5.41) is 34.1. The molecule has 0 aliphatic carbocycles. The Balaban J connectivity index is 2.14. The molecule has 0 saturated carbocycles. The Morgan fingerprint density at radius 2 is 1.00 bits per heavy atom. The Bertz CT molecular complexity index is 738. The van der Waals surface area contributed by atoms with Crippen LogP contribution in [0.25, 0.3) is 0 Å². The fraction of sp³-hybridized carbons (Fsp3) is 0.300. The van der Waals surface area contributed by atoms with Crippen LogP contribution in [0.2, 0.25) is 0 Å². The van der Waals surface area contributed by atoms with E-state index >= 15 is 0 Å². The molecule has 2 aromatic rings. The highest BCUT2D eigenvalue weighted by atomic mass is 35.5. The van der Waals surface area contributed by atoms with Crippen LogP contribution in [0.15, 0.2) is 60.7 Å². The molecule has 0 spiro atoms. The van der Waals surface area contributed by atoms with Crippen molar-refractivity contribution in [1.29, 1.82) is 0 Å². The van der Waals surface area contributed by atoms with Gasteiger partial charge in [0.1, 0.15) is 12.2 Å². The van der Waals surface area contributed by atoms with Gasteiger partial charge in [0.05, 0.1) is 0 Å². The quantitative estimate of drug-likeness (QED) is 0.447. The number of carbonyl (C=O) groups excluding carboxylic acids is 2.